The Morgan fingerprint density at radius 3 is 2.71 bits per heavy atom. The summed E-state index contributed by atoms with van der Waals surface area (Å²) in [5.74, 6) is 0.191. The first-order chi connectivity index (χ1) is 8.10. The third-order valence-corrected chi connectivity index (χ3v) is 2.93. The van der Waals surface area contributed by atoms with Crippen LogP contribution in [0, 0.1) is 6.92 Å². The van der Waals surface area contributed by atoms with Gasteiger partial charge in [0.1, 0.15) is 11.3 Å². The molecule has 0 radical (unpaired) electrons. The molecule has 0 N–H and O–H groups in total. The molecule has 0 heterocycles. The molecule has 1 rings (SSSR count). The molecule has 17 heavy (non-hydrogen) atoms. The van der Waals surface area contributed by atoms with E-state index in [1.165, 1.54) is 7.11 Å². The SMILES string of the molecule is CCCCOc1c(Br)cc(C)cc1C(=O)OC. The summed E-state index contributed by atoms with van der Waals surface area (Å²) in [5.41, 5.74) is 1.45. The van der Waals surface area contributed by atoms with Gasteiger partial charge in [0.05, 0.1) is 18.2 Å². The molecular weight excluding hydrogens is 284 g/mol. The van der Waals surface area contributed by atoms with Gasteiger partial charge in [0, 0.05) is 0 Å². The number of carbonyl (C=O) groups is 1. The fourth-order valence-electron chi connectivity index (χ4n) is 1.46. The van der Waals surface area contributed by atoms with Crippen molar-refractivity contribution in [3.63, 3.8) is 0 Å². The van der Waals surface area contributed by atoms with Gasteiger partial charge >= 0.3 is 5.97 Å². The van der Waals surface area contributed by atoms with Crippen molar-refractivity contribution in [1.29, 1.82) is 0 Å². The lowest BCUT2D eigenvalue weighted by atomic mass is 10.1. The molecule has 94 valence electrons. The number of methoxy groups -OCH3 is 1. The summed E-state index contributed by atoms with van der Waals surface area (Å²) in [4.78, 5) is 11.6. The number of hydrogen-bond donors (Lipinski definition) is 0. The molecule has 1 aromatic carbocycles. The van der Waals surface area contributed by atoms with Gasteiger partial charge in [0.25, 0.3) is 0 Å². The molecule has 0 aromatic heterocycles. The van der Waals surface area contributed by atoms with E-state index in [1.54, 1.807) is 6.07 Å². The molecule has 0 bridgehead atoms. The van der Waals surface area contributed by atoms with E-state index < -0.39 is 0 Å². The molecule has 0 amide bonds. The molecule has 4 heteroatoms. The number of benzene rings is 1. The summed E-state index contributed by atoms with van der Waals surface area (Å²) in [6, 6.07) is 3.70. The monoisotopic (exact) mass is 300 g/mol. The molecule has 0 saturated carbocycles. The zero-order valence-electron chi connectivity index (χ0n) is 10.4. The Kier molecular flexibility index (Phi) is 5.48. The zero-order valence-corrected chi connectivity index (χ0v) is 12.0. The van der Waals surface area contributed by atoms with Crippen molar-refractivity contribution in [2.45, 2.75) is 26.7 Å². The van der Waals surface area contributed by atoms with E-state index in [2.05, 4.69) is 22.9 Å². The quantitative estimate of drug-likeness (QED) is 0.614. The predicted molar refractivity (Wildman–Crippen MR) is 70.6 cm³/mol. The topological polar surface area (TPSA) is 35.5 Å². The summed E-state index contributed by atoms with van der Waals surface area (Å²) in [6.07, 6.45) is 2.01. The average molecular weight is 301 g/mol. The second kappa shape index (κ2) is 6.64. The molecule has 3 nitrogen and oxygen atoms in total. The normalized spacial score (nSPS) is 10.1. The molecule has 0 saturated heterocycles. The Morgan fingerprint density at radius 1 is 1.41 bits per heavy atom. The van der Waals surface area contributed by atoms with Crippen molar-refractivity contribution in [2.75, 3.05) is 13.7 Å². The van der Waals surface area contributed by atoms with Crippen molar-refractivity contribution < 1.29 is 14.3 Å². The first kappa shape index (κ1) is 14.0. The number of unbranched alkanes of at least 4 members (excludes halogenated alkanes) is 1. The van der Waals surface area contributed by atoms with Crippen LogP contribution in [0.5, 0.6) is 5.75 Å². The minimum atomic E-state index is -0.374. The fraction of sp³-hybridized carbons (Fsp3) is 0.462. The van der Waals surface area contributed by atoms with E-state index in [0.717, 1.165) is 22.9 Å². The predicted octanol–water partition coefficient (Wildman–Crippen LogP) is 3.72. The van der Waals surface area contributed by atoms with Gasteiger partial charge in [-0.15, -0.1) is 0 Å². The Bertz CT molecular complexity index is 402. The van der Waals surface area contributed by atoms with Gasteiger partial charge in [-0.05, 0) is 47.0 Å². The molecule has 0 atom stereocenters. The van der Waals surface area contributed by atoms with Crippen LogP contribution in [0.15, 0.2) is 16.6 Å². The number of carbonyl (C=O) groups excluding carboxylic acids is 1. The largest absolute Gasteiger partial charge is 0.491 e. The lowest BCUT2D eigenvalue weighted by Crippen LogP contribution is -2.07. The van der Waals surface area contributed by atoms with Crippen LogP contribution in [0.4, 0.5) is 0 Å². The van der Waals surface area contributed by atoms with Crippen molar-refractivity contribution in [1.82, 2.24) is 0 Å². The van der Waals surface area contributed by atoms with Crippen LogP contribution in [0.3, 0.4) is 0 Å². The lowest BCUT2D eigenvalue weighted by molar-refractivity contribution is 0.0595. The van der Waals surface area contributed by atoms with Gasteiger partial charge in [-0.2, -0.15) is 0 Å². The van der Waals surface area contributed by atoms with Crippen molar-refractivity contribution in [3.8, 4) is 5.75 Å². The number of hydrogen-bond acceptors (Lipinski definition) is 3. The number of ether oxygens (including phenoxy) is 2. The van der Waals surface area contributed by atoms with Gasteiger partial charge < -0.3 is 9.47 Å². The smallest absolute Gasteiger partial charge is 0.341 e. The van der Waals surface area contributed by atoms with Crippen LogP contribution in [0.2, 0.25) is 0 Å². The minimum Gasteiger partial charge on any atom is -0.491 e. The minimum absolute atomic E-state index is 0.374. The molecule has 0 aliphatic carbocycles. The van der Waals surface area contributed by atoms with E-state index >= 15 is 0 Å². The Hall–Kier alpha value is -1.03. The fourth-order valence-corrected chi connectivity index (χ4v) is 2.14. The molecule has 0 aliphatic rings. The number of rotatable bonds is 5. The highest BCUT2D eigenvalue weighted by molar-refractivity contribution is 9.10. The second-order valence-corrected chi connectivity index (χ2v) is 4.67. The molecule has 0 fully saturated rings. The summed E-state index contributed by atoms with van der Waals surface area (Å²) in [7, 11) is 1.37. The zero-order chi connectivity index (χ0) is 12.8. The van der Waals surface area contributed by atoms with Crippen LogP contribution >= 0.6 is 15.9 Å². The van der Waals surface area contributed by atoms with Gasteiger partial charge in [-0.1, -0.05) is 13.3 Å². The molecule has 1 aromatic rings. The van der Waals surface area contributed by atoms with Crippen LogP contribution in [-0.4, -0.2) is 19.7 Å². The van der Waals surface area contributed by atoms with E-state index in [1.807, 2.05) is 13.0 Å². The van der Waals surface area contributed by atoms with Crippen LogP contribution in [0.1, 0.15) is 35.7 Å². The average Bonchev–Trinajstić information content (AvgIpc) is 2.30. The molecular formula is C13H17BrO3. The van der Waals surface area contributed by atoms with E-state index in [0.29, 0.717) is 17.9 Å². The van der Waals surface area contributed by atoms with Crippen molar-refractivity contribution >= 4 is 21.9 Å². The summed E-state index contributed by atoms with van der Waals surface area (Å²) < 4.78 is 11.2. The van der Waals surface area contributed by atoms with Crippen LogP contribution in [-0.2, 0) is 4.74 Å². The summed E-state index contributed by atoms with van der Waals surface area (Å²) >= 11 is 3.41. The van der Waals surface area contributed by atoms with E-state index in [4.69, 9.17) is 9.47 Å². The second-order valence-electron chi connectivity index (χ2n) is 3.82. The highest BCUT2D eigenvalue weighted by atomic mass is 79.9. The highest BCUT2D eigenvalue weighted by Crippen LogP contribution is 2.31. The number of esters is 1. The van der Waals surface area contributed by atoms with Gasteiger partial charge in [0.2, 0.25) is 0 Å². The van der Waals surface area contributed by atoms with E-state index in [9.17, 15) is 4.79 Å². The van der Waals surface area contributed by atoms with Crippen LogP contribution < -0.4 is 4.74 Å². The maximum Gasteiger partial charge on any atom is 0.341 e. The van der Waals surface area contributed by atoms with Gasteiger partial charge in [-0.3, -0.25) is 0 Å². The first-order valence-corrected chi connectivity index (χ1v) is 6.40. The Morgan fingerprint density at radius 2 is 2.12 bits per heavy atom. The van der Waals surface area contributed by atoms with Gasteiger partial charge in [0.15, 0.2) is 0 Å². The van der Waals surface area contributed by atoms with Crippen molar-refractivity contribution in [2.24, 2.45) is 0 Å². The van der Waals surface area contributed by atoms with E-state index in [-0.39, 0.29) is 5.97 Å². The molecule has 0 aliphatic heterocycles. The molecule has 0 unspecified atom stereocenters. The summed E-state index contributed by atoms with van der Waals surface area (Å²) in [5, 5.41) is 0. The standard InChI is InChI=1S/C13H17BrO3/c1-4-5-6-17-12-10(13(15)16-3)7-9(2)8-11(12)14/h7-8H,4-6H2,1-3H3. The maximum atomic E-state index is 11.6. The van der Waals surface area contributed by atoms with Crippen LogP contribution in [0.25, 0.3) is 0 Å². The van der Waals surface area contributed by atoms with Gasteiger partial charge in [-0.25, -0.2) is 4.79 Å². The Balaban J connectivity index is 3.03. The third-order valence-electron chi connectivity index (χ3n) is 2.34. The Labute approximate surface area is 110 Å². The number of aryl methyl sites for hydroxylation is 1. The third kappa shape index (κ3) is 3.73. The lowest BCUT2D eigenvalue weighted by Gasteiger charge is -2.12. The molecule has 0 spiro atoms. The van der Waals surface area contributed by atoms with Crippen molar-refractivity contribution in [3.05, 3.63) is 27.7 Å². The highest BCUT2D eigenvalue weighted by Gasteiger charge is 2.16. The number of halogens is 1. The first-order valence-electron chi connectivity index (χ1n) is 5.61. The summed E-state index contributed by atoms with van der Waals surface area (Å²) in [6.45, 7) is 4.62. The maximum absolute atomic E-state index is 11.6.